The number of rotatable bonds is 0. The molecule has 1 heterocycles. The first kappa shape index (κ1) is 13.7. The van der Waals surface area contributed by atoms with E-state index in [1.807, 2.05) is 20.8 Å². The second-order valence-corrected chi connectivity index (χ2v) is 5.55. The van der Waals surface area contributed by atoms with E-state index in [1.54, 1.807) is 0 Å². The molecule has 1 N–H and O–H groups in total. The summed E-state index contributed by atoms with van der Waals surface area (Å²) in [6.07, 6.45) is -5.09. The standard InChI is InChI=1S/C13H14F3NO2/c1-12(2,3)11-17-9-6-7(13(14,15)16)4-5-8(9)10(18)19-11/h4-6,11,17H,1-3H3. The molecule has 19 heavy (non-hydrogen) atoms. The second-order valence-electron chi connectivity index (χ2n) is 5.55. The number of anilines is 1. The number of benzene rings is 1. The number of hydrogen-bond donors (Lipinski definition) is 1. The molecule has 1 aliphatic rings. The van der Waals surface area contributed by atoms with Crippen molar-refractivity contribution in [1.29, 1.82) is 0 Å². The van der Waals surface area contributed by atoms with Gasteiger partial charge in [-0.15, -0.1) is 0 Å². The predicted octanol–water partition coefficient (Wildman–Crippen LogP) is 3.66. The number of carbonyl (C=O) groups excluding carboxylic acids is 1. The first-order chi connectivity index (χ1) is 8.59. The summed E-state index contributed by atoms with van der Waals surface area (Å²) in [7, 11) is 0. The van der Waals surface area contributed by atoms with Gasteiger partial charge >= 0.3 is 12.1 Å². The first-order valence-electron chi connectivity index (χ1n) is 5.78. The molecule has 1 aromatic carbocycles. The fourth-order valence-electron chi connectivity index (χ4n) is 1.75. The largest absolute Gasteiger partial charge is 0.438 e. The number of halogens is 3. The number of alkyl halides is 3. The lowest BCUT2D eigenvalue weighted by molar-refractivity contribution is -0.137. The Balaban J connectivity index is 2.42. The van der Waals surface area contributed by atoms with E-state index in [4.69, 9.17) is 4.74 Å². The Labute approximate surface area is 108 Å². The minimum atomic E-state index is -4.44. The maximum absolute atomic E-state index is 12.6. The summed E-state index contributed by atoms with van der Waals surface area (Å²) in [5.41, 5.74) is -0.928. The molecule has 6 heteroatoms. The minimum Gasteiger partial charge on any atom is -0.438 e. The number of carbonyl (C=O) groups is 1. The van der Waals surface area contributed by atoms with Crippen molar-refractivity contribution in [2.45, 2.75) is 33.2 Å². The van der Waals surface area contributed by atoms with Crippen molar-refractivity contribution >= 4 is 11.7 Å². The van der Waals surface area contributed by atoms with E-state index in [0.717, 1.165) is 18.2 Å². The third-order valence-corrected chi connectivity index (χ3v) is 2.86. The fourth-order valence-corrected chi connectivity index (χ4v) is 1.75. The van der Waals surface area contributed by atoms with Crippen LogP contribution in [0.1, 0.15) is 36.7 Å². The molecular formula is C13H14F3NO2. The van der Waals surface area contributed by atoms with E-state index in [2.05, 4.69) is 5.32 Å². The molecule has 0 saturated carbocycles. The summed E-state index contributed by atoms with van der Waals surface area (Å²) < 4.78 is 43.1. The zero-order valence-electron chi connectivity index (χ0n) is 10.8. The van der Waals surface area contributed by atoms with Crippen molar-refractivity contribution in [2.75, 3.05) is 5.32 Å². The molecule has 1 aliphatic heterocycles. The Bertz CT molecular complexity index is 518. The molecule has 1 atom stereocenters. The second kappa shape index (κ2) is 4.15. The predicted molar refractivity (Wildman–Crippen MR) is 63.7 cm³/mol. The highest BCUT2D eigenvalue weighted by Gasteiger charge is 2.37. The van der Waals surface area contributed by atoms with Gasteiger partial charge in [-0.1, -0.05) is 20.8 Å². The number of nitrogens with one attached hydrogen (secondary N) is 1. The monoisotopic (exact) mass is 273 g/mol. The van der Waals surface area contributed by atoms with Gasteiger partial charge in [0, 0.05) is 5.41 Å². The number of hydrogen-bond acceptors (Lipinski definition) is 3. The quantitative estimate of drug-likeness (QED) is 0.733. The molecule has 0 bridgehead atoms. The number of ether oxygens (including phenoxy) is 1. The van der Waals surface area contributed by atoms with Gasteiger partial charge < -0.3 is 10.1 Å². The molecule has 1 aromatic rings. The normalized spacial score (nSPS) is 19.5. The van der Waals surface area contributed by atoms with Crippen LogP contribution in [0.25, 0.3) is 0 Å². The van der Waals surface area contributed by atoms with Crippen LogP contribution in [0.3, 0.4) is 0 Å². The first-order valence-corrected chi connectivity index (χ1v) is 5.78. The van der Waals surface area contributed by atoms with E-state index < -0.39 is 29.4 Å². The van der Waals surface area contributed by atoms with Gasteiger partial charge in [0.1, 0.15) is 0 Å². The SMILES string of the molecule is CC(C)(C)C1Nc2cc(C(F)(F)F)ccc2C(=O)O1. The molecule has 0 aromatic heterocycles. The van der Waals surface area contributed by atoms with Crippen molar-refractivity contribution in [1.82, 2.24) is 0 Å². The van der Waals surface area contributed by atoms with Crippen molar-refractivity contribution in [3.63, 3.8) is 0 Å². The van der Waals surface area contributed by atoms with Gasteiger partial charge in [0.15, 0.2) is 6.23 Å². The highest BCUT2D eigenvalue weighted by atomic mass is 19.4. The topological polar surface area (TPSA) is 38.3 Å². The summed E-state index contributed by atoms with van der Waals surface area (Å²) in [5, 5.41) is 2.84. The zero-order chi connectivity index (χ0) is 14.4. The Kier molecular flexibility index (Phi) is 2.99. The van der Waals surface area contributed by atoms with Gasteiger partial charge in [-0.2, -0.15) is 13.2 Å². The van der Waals surface area contributed by atoms with Crippen molar-refractivity contribution in [3.8, 4) is 0 Å². The van der Waals surface area contributed by atoms with E-state index in [1.165, 1.54) is 0 Å². The molecule has 0 saturated heterocycles. The van der Waals surface area contributed by atoms with Gasteiger partial charge in [-0.05, 0) is 18.2 Å². The molecule has 0 fully saturated rings. The van der Waals surface area contributed by atoms with Crippen LogP contribution in [-0.4, -0.2) is 12.2 Å². The molecule has 104 valence electrons. The van der Waals surface area contributed by atoms with Crippen LogP contribution in [-0.2, 0) is 10.9 Å². The van der Waals surface area contributed by atoms with Crippen LogP contribution >= 0.6 is 0 Å². The summed E-state index contributed by atoms with van der Waals surface area (Å²) >= 11 is 0. The van der Waals surface area contributed by atoms with Crippen LogP contribution in [0.5, 0.6) is 0 Å². The van der Waals surface area contributed by atoms with E-state index in [9.17, 15) is 18.0 Å². The number of esters is 1. The summed E-state index contributed by atoms with van der Waals surface area (Å²) in [4.78, 5) is 11.8. The van der Waals surface area contributed by atoms with Crippen molar-refractivity contribution < 1.29 is 22.7 Å². The van der Waals surface area contributed by atoms with Gasteiger partial charge in [-0.3, -0.25) is 0 Å². The third-order valence-electron chi connectivity index (χ3n) is 2.86. The lowest BCUT2D eigenvalue weighted by Crippen LogP contribution is -2.41. The minimum absolute atomic E-state index is 0.119. The van der Waals surface area contributed by atoms with Crippen LogP contribution in [0, 0.1) is 5.41 Å². The third kappa shape index (κ3) is 2.67. The fraction of sp³-hybridized carbons (Fsp3) is 0.462. The van der Waals surface area contributed by atoms with Crippen LogP contribution < -0.4 is 5.32 Å². The van der Waals surface area contributed by atoms with Crippen molar-refractivity contribution in [3.05, 3.63) is 29.3 Å². The Morgan fingerprint density at radius 2 is 1.84 bits per heavy atom. The highest BCUT2D eigenvalue weighted by Crippen LogP contribution is 2.36. The van der Waals surface area contributed by atoms with E-state index in [0.29, 0.717) is 0 Å². The Hall–Kier alpha value is -1.72. The molecule has 1 unspecified atom stereocenters. The molecule has 0 radical (unpaired) electrons. The van der Waals surface area contributed by atoms with E-state index >= 15 is 0 Å². The lowest BCUT2D eigenvalue weighted by Gasteiger charge is -2.35. The zero-order valence-corrected chi connectivity index (χ0v) is 10.8. The van der Waals surface area contributed by atoms with Crippen LogP contribution in [0.2, 0.25) is 0 Å². The Morgan fingerprint density at radius 3 is 2.37 bits per heavy atom. The van der Waals surface area contributed by atoms with Gasteiger partial charge in [0.2, 0.25) is 0 Å². The average molecular weight is 273 g/mol. The number of fused-ring (bicyclic) bond motifs is 1. The van der Waals surface area contributed by atoms with Crippen molar-refractivity contribution in [2.24, 2.45) is 5.41 Å². The smallest absolute Gasteiger partial charge is 0.416 e. The Morgan fingerprint density at radius 1 is 1.21 bits per heavy atom. The van der Waals surface area contributed by atoms with Gasteiger partial charge in [0.05, 0.1) is 16.8 Å². The molecule has 0 aliphatic carbocycles. The number of cyclic esters (lactones) is 1. The average Bonchev–Trinajstić information content (AvgIpc) is 2.25. The van der Waals surface area contributed by atoms with E-state index in [-0.39, 0.29) is 11.3 Å². The highest BCUT2D eigenvalue weighted by molar-refractivity contribution is 5.97. The van der Waals surface area contributed by atoms with Gasteiger partial charge in [0.25, 0.3) is 0 Å². The molecule has 2 rings (SSSR count). The molecular weight excluding hydrogens is 259 g/mol. The summed E-state index contributed by atoms with van der Waals surface area (Å²) in [5.74, 6) is -0.609. The summed E-state index contributed by atoms with van der Waals surface area (Å²) in [6.45, 7) is 5.49. The lowest BCUT2D eigenvalue weighted by atomic mass is 9.92. The molecule has 0 amide bonds. The van der Waals surface area contributed by atoms with Gasteiger partial charge in [-0.25, -0.2) is 4.79 Å². The summed E-state index contributed by atoms with van der Waals surface area (Å²) in [6, 6.07) is 2.94. The molecule has 3 nitrogen and oxygen atoms in total. The van der Waals surface area contributed by atoms with Crippen LogP contribution in [0.15, 0.2) is 18.2 Å². The maximum Gasteiger partial charge on any atom is 0.416 e. The van der Waals surface area contributed by atoms with Crippen LogP contribution in [0.4, 0.5) is 18.9 Å². The molecule has 0 spiro atoms. The maximum atomic E-state index is 12.6.